The Bertz CT molecular complexity index is 568. The summed E-state index contributed by atoms with van der Waals surface area (Å²) in [6.07, 6.45) is 1.33. The van der Waals surface area contributed by atoms with Gasteiger partial charge in [0.2, 0.25) is 0 Å². The summed E-state index contributed by atoms with van der Waals surface area (Å²) in [6.45, 7) is 2.25. The lowest BCUT2D eigenvalue weighted by atomic mass is 9.71. The van der Waals surface area contributed by atoms with Crippen molar-refractivity contribution in [1.82, 2.24) is 0 Å². The second kappa shape index (κ2) is 2.57. The third-order valence-electron chi connectivity index (χ3n) is 4.38. The Morgan fingerprint density at radius 2 is 1.81 bits per heavy atom. The van der Waals surface area contributed by atoms with Crippen LogP contribution in [0.4, 0.5) is 0 Å². The molecule has 2 unspecified atom stereocenters. The molecule has 16 heavy (non-hydrogen) atoms. The number of benzene rings is 2. The Hall–Kier alpha value is -1.56. The van der Waals surface area contributed by atoms with Gasteiger partial charge >= 0.3 is 0 Å². The zero-order valence-electron chi connectivity index (χ0n) is 9.40. The minimum Gasteiger partial charge on any atom is -0.0622 e. The average Bonchev–Trinajstić information content (AvgIpc) is 2.96. The van der Waals surface area contributed by atoms with E-state index in [4.69, 9.17) is 0 Å². The summed E-state index contributed by atoms with van der Waals surface area (Å²) in [4.78, 5) is 0. The molecule has 1 saturated carbocycles. The zero-order valence-corrected chi connectivity index (χ0v) is 9.40. The Kier molecular flexibility index (Phi) is 1.38. The van der Waals surface area contributed by atoms with Crippen LogP contribution in [0.2, 0.25) is 0 Å². The van der Waals surface area contributed by atoms with Crippen LogP contribution in [0.1, 0.15) is 34.6 Å². The standard InChI is InChI=1S/C16H14/c1-11-6-5-9-13-14-10-16(14,15(11)13)12-7-3-2-4-8-12/h2-9,14H,10H2,1H3. The maximum atomic E-state index is 2.31. The van der Waals surface area contributed by atoms with E-state index in [0.717, 1.165) is 5.92 Å². The van der Waals surface area contributed by atoms with Crippen LogP contribution < -0.4 is 0 Å². The summed E-state index contributed by atoms with van der Waals surface area (Å²) in [5, 5.41) is 0. The average molecular weight is 206 g/mol. The maximum Gasteiger partial charge on any atom is 0.0283 e. The van der Waals surface area contributed by atoms with Crippen LogP contribution in [0.3, 0.4) is 0 Å². The van der Waals surface area contributed by atoms with Crippen molar-refractivity contribution in [2.24, 2.45) is 0 Å². The minimum atomic E-state index is 0.405. The van der Waals surface area contributed by atoms with Gasteiger partial charge in [0.05, 0.1) is 0 Å². The monoisotopic (exact) mass is 206 g/mol. The molecule has 0 radical (unpaired) electrons. The van der Waals surface area contributed by atoms with Crippen molar-refractivity contribution in [3.8, 4) is 0 Å². The molecule has 0 bridgehead atoms. The van der Waals surface area contributed by atoms with E-state index in [2.05, 4.69) is 55.5 Å². The Morgan fingerprint density at radius 3 is 2.62 bits per heavy atom. The highest BCUT2D eigenvalue weighted by molar-refractivity contribution is 5.68. The molecule has 0 N–H and O–H groups in total. The molecule has 0 saturated heterocycles. The molecule has 78 valence electrons. The summed E-state index contributed by atoms with van der Waals surface area (Å²) in [6, 6.07) is 17.8. The van der Waals surface area contributed by atoms with Crippen LogP contribution >= 0.6 is 0 Å². The molecule has 2 atom stereocenters. The molecule has 0 heterocycles. The lowest BCUT2D eigenvalue weighted by molar-refractivity contribution is 0.709. The second-order valence-electron chi connectivity index (χ2n) is 5.13. The van der Waals surface area contributed by atoms with E-state index in [1.54, 1.807) is 11.1 Å². The van der Waals surface area contributed by atoms with Gasteiger partial charge in [-0.2, -0.15) is 0 Å². The highest BCUT2D eigenvalue weighted by Crippen LogP contribution is 2.74. The van der Waals surface area contributed by atoms with Crippen LogP contribution in [0.25, 0.3) is 0 Å². The zero-order chi connectivity index (χ0) is 10.8. The summed E-state index contributed by atoms with van der Waals surface area (Å²) in [5.41, 5.74) is 6.61. The van der Waals surface area contributed by atoms with E-state index < -0.39 is 0 Å². The molecule has 0 heteroatoms. The molecule has 0 nitrogen and oxygen atoms in total. The molecule has 2 aliphatic carbocycles. The van der Waals surface area contributed by atoms with Crippen LogP contribution in [-0.4, -0.2) is 0 Å². The molecule has 4 rings (SSSR count). The number of hydrogen-bond acceptors (Lipinski definition) is 0. The Morgan fingerprint density at radius 1 is 1.00 bits per heavy atom. The molecule has 0 spiro atoms. The van der Waals surface area contributed by atoms with E-state index in [9.17, 15) is 0 Å². The van der Waals surface area contributed by atoms with Crippen LogP contribution in [0, 0.1) is 6.92 Å². The van der Waals surface area contributed by atoms with E-state index >= 15 is 0 Å². The Labute approximate surface area is 95.9 Å². The van der Waals surface area contributed by atoms with Gasteiger partial charge in [-0.05, 0) is 41.5 Å². The van der Waals surface area contributed by atoms with Crippen LogP contribution in [-0.2, 0) is 5.41 Å². The van der Waals surface area contributed by atoms with Gasteiger partial charge in [0.1, 0.15) is 0 Å². The molecule has 0 aliphatic heterocycles. The lowest BCUT2D eigenvalue weighted by Crippen LogP contribution is -2.23. The highest BCUT2D eigenvalue weighted by atomic mass is 14.7. The Balaban J connectivity index is 1.93. The fraction of sp³-hybridized carbons (Fsp3) is 0.250. The number of rotatable bonds is 1. The van der Waals surface area contributed by atoms with Crippen molar-refractivity contribution < 1.29 is 0 Å². The van der Waals surface area contributed by atoms with Crippen molar-refractivity contribution in [1.29, 1.82) is 0 Å². The molecule has 1 fully saturated rings. The summed E-state index contributed by atoms with van der Waals surface area (Å²) in [5.74, 6) is 0.810. The third-order valence-corrected chi connectivity index (χ3v) is 4.38. The van der Waals surface area contributed by atoms with Gasteiger partial charge in [0.15, 0.2) is 0 Å². The van der Waals surface area contributed by atoms with Crippen molar-refractivity contribution in [2.45, 2.75) is 24.7 Å². The smallest absolute Gasteiger partial charge is 0.0283 e. The van der Waals surface area contributed by atoms with Gasteiger partial charge in [0, 0.05) is 5.41 Å². The number of fused-ring (bicyclic) bond motifs is 4. The normalized spacial score (nSPS) is 28.9. The lowest BCUT2D eigenvalue weighted by Gasteiger charge is -2.32. The first-order valence-electron chi connectivity index (χ1n) is 5.99. The maximum absolute atomic E-state index is 2.31. The second-order valence-corrected chi connectivity index (χ2v) is 5.13. The summed E-state index contributed by atoms with van der Waals surface area (Å²) in [7, 11) is 0. The predicted molar refractivity (Wildman–Crippen MR) is 65.8 cm³/mol. The fourth-order valence-electron chi connectivity index (χ4n) is 3.63. The van der Waals surface area contributed by atoms with Gasteiger partial charge in [0.25, 0.3) is 0 Å². The fourth-order valence-corrected chi connectivity index (χ4v) is 3.63. The van der Waals surface area contributed by atoms with Gasteiger partial charge in [-0.1, -0.05) is 48.5 Å². The number of aryl methyl sites for hydroxylation is 1. The molecule has 2 aromatic rings. The topological polar surface area (TPSA) is 0 Å². The van der Waals surface area contributed by atoms with Crippen molar-refractivity contribution in [3.63, 3.8) is 0 Å². The highest BCUT2D eigenvalue weighted by Gasteiger charge is 2.66. The van der Waals surface area contributed by atoms with E-state index in [1.807, 2.05) is 0 Å². The van der Waals surface area contributed by atoms with Crippen LogP contribution in [0.15, 0.2) is 48.5 Å². The van der Waals surface area contributed by atoms with E-state index in [-0.39, 0.29) is 0 Å². The first-order chi connectivity index (χ1) is 7.84. The summed E-state index contributed by atoms with van der Waals surface area (Å²) >= 11 is 0. The van der Waals surface area contributed by atoms with Gasteiger partial charge in [-0.25, -0.2) is 0 Å². The molecule has 2 aromatic carbocycles. The largest absolute Gasteiger partial charge is 0.0622 e. The van der Waals surface area contributed by atoms with Crippen molar-refractivity contribution >= 4 is 0 Å². The number of hydrogen-bond donors (Lipinski definition) is 0. The predicted octanol–water partition coefficient (Wildman–Crippen LogP) is 3.78. The molecule has 0 amide bonds. The van der Waals surface area contributed by atoms with Gasteiger partial charge < -0.3 is 0 Å². The molecule has 0 aromatic heterocycles. The summed E-state index contributed by atoms with van der Waals surface area (Å²) < 4.78 is 0. The molecular weight excluding hydrogens is 192 g/mol. The first kappa shape index (κ1) is 8.58. The first-order valence-corrected chi connectivity index (χ1v) is 5.99. The van der Waals surface area contributed by atoms with E-state index in [1.165, 1.54) is 17.5 Å². The minimum absolute atomic E-state index is 0.405. The third kappa shape index (κ3) is 0.788. The van der Waals surface area contributed by atoms with Gasteiger partial charge in [-0.3, -0.25) is 0 Å². The van der Waals surface area contributed by atoms with Crippen molar-refractivity contribution in [2.75, 3.05) is 0 Å². The molecular formula is C16H14. The molecule has 2 aliphatic rings. The van der Waals surface area contributed by atoms with Crippen LogP contribution in [0.5, 0.6) is 0 Å². The SMILES string of the molecule is Cc1cccc2c1C1(c3ccccc3)CC21. The quantitative estimate of drug-likeness (QED) is 0.666. The van der Waals surface area contributed by atoms with Crippen molar-refractivity contribution in [3.05, 3.63) is 70.8 Å². The van der Waals surface area contributed by atoms with Gasteiger partial charge in [-0.15, -0.1) is 0 Å². The van der Waals surface area contributed by atoms with E-state index in [0.29, 0.717) is 5.41 Å².